The van der Waals surface area contributed by atoms with Crippen LogP contribution in [0.15, 0.2) is 24.4 Å². The lowest BCUT2D eigenvalue weighted by molar-refractivity contribution is -0.390. The largest absolute Gasteiger partial charge is 0.748 e. The van der Waals surface area contributed by atoms with E-state index < -0.39 is 10.1 Å². The monoisotopic (exact) mass is 231 g/mol. The molecule has 1 N–H and O–H groups in total. The van der Waals surface area contributed by atoms with Crippen LogP contribution < -0.4 is 4.98 Å². The van der Waals surface area contributed by atoms with E-state index in [0.717, 1.165) is 6.42 Å². The first-order valence-electron chi connectivity index (χ1n) is 4.88. The zero-order valence-corrected chi connectivity index (χ0v) is 9.88. The summed E-state index contributed by atoms with van der Waals surface area (Å²) < 4.78 is 28.3. The molecule has 1 rings (SSSR count). The van der Waals surface area contributed by atoms with Crippen LogP contribution in [0.1, 0.15) is 26.0 Å². The molecule has 5 heteroatoms. The highest BCUT2D eigenvalue weighted by Crippen LogP contribution is 1.91. The maximum Gasteiger partial charge on any atom is 0.179 e. The van der Waals surface area contributed by atoms with Gasteiger partial charge >= 0.3 is 0 Å². The number of nitrogens with one attached hydrogen (secondary N) is 1. The van der Waals surface area contributed by atoms with Gasteiger partial charge in [-0.15, -0.1) is 0 Å². The topological polar surface area (TPSA) is 71.3 Å². The fourth-order valence-corrected chi connectivity index (χ4v) is 0.855. The Morgan fingerprint density at radius 2 is 1.93 bits per heavy atom. The zero-order valence-electron chi connectivity index (χ0n) is 9.06. The van der Waals surface area contributed by atoms with E-state index >= 15 is 0 Å². The van der Waals surface area contributed by atoms with Crippen molar-refractivity contribution in [3.63, 3.8) is 0 Å². The normalized spacial score (nSPS) is 10.3. The Hall–Kier alpha value is -0.940. The molecule has 86 valence electrons. The first-order chi connectivity index (χ1) is 6.99. The van der Waals surface area contributed by atoms with Gasteiger partial charge in [-0.2, -0.15) is 0 Å². The van der Waals surface area contributed by atoms with E-state index in [2.05, 4.69) is 24.0 Å². The summed E-state index contributed by atoms with van der Waals surface area (Å²) in [5, 5.41) is 0. The second kappa shape index (κ2) is 7.36. The lowest BCUT2D eigenvalue weighted by Crippen LogP contribution is -2.07. The molecule has 0 fully saturated rings. The third-order valence-electron chi connectivity index (χ3n) is 1.65. The van der Waals surface area contributed by atoms with E-state index in [1.165, 1.54) is 19.0 Å². The molecule has 0 aliphatic carbocycles. The number of pyridine rings is 1. The second-order valence-electron chi connectivity index (χ2n) is 2.98. The molecule has 0 saturated carbocycles. The molecule has 0 aliphatic heterocycles. The van der Waals surface area contributed by atoms with E-state index in [9.17, 15) is 13.0 Å². The highest BCUT2D eigenvalue weighted by Gasteiger charge is 1.93. The first-order valence-corrected chi connectivity index (χ1v) is 6.46. The Bertz CT molecular complexity index is 348. The van der Waals surface area contributed by atoms with Crippen LogP contribution in [-0.2, 0) is 16.5 Å². The van der Waals surface area contributed by atoms with Gasteiger partial charge in [0.05, 0.1) is 10.1 Å². The Morgan fingerprint density at radius 1 is 1.33 bits per heavy atom. The van der Waals surface area contributed by atoms with E-state index in [1.807, 2.05) is 12.3 Å². The van der Waals surface area contributed by atoms with Gasteiger partial charge in [-0.1, -0.05) is 19.9 Å². The van der Waals surface area contributed by atoms with E-state index in [4.69, 9.17) is 0 Å². The number of hydrogen-bond acceptors (Lipinski definition) is 3. The van der Waals surface area contributed by atoms with Crippen molar-refractivity contribution in [1.29, 1.82) is 0 Å². The molecule has 0 radical (unpaired) electrons. The Kier molecular flexibility index (Phi) is 6.90. The standard InChI is InChI=1S/C8H11N.C2H6O3S/c1-2-5-8-6-3-4-7-9-8;1-2-6(3,4)5/h3-4,6-7H,2,5H2,1H3;2H2,1H3,(H,3,4,5). The quantitative estimate of drug-likeness (QED) is 0.729. The van der Waals surface area contributed by atoms with Gasteiger partial charge in [0, 0.05) is 24.3 Å². The van der Waals surface area contributed by atoms with Gasteiger partial charge in [-0.3, -0.25) is 0 Å². The van der Waals surface area contributed by atoms with Crippen molar-refractivity contribution in [1.82, 2.24) is 0 Å². The molecular weight excluding hydrogens is 214 g/mol. The van der Waals surface area contributed by atoms with Crippen molar-refractivity contribution in [2.45, 2.75) is 26.7 Å². The Labute approximate surface area is 91.1 Å². The van der Waals surface area contributed by atoms with Crippen molar-refractivity contribution >= 4 is 10.1 Å². The fourth-order valence-electron chi connectivity index (χ4n) is 0.855. The van der Waals surface area contributed by atoms with Crippen LogP contribution in [0.4, 0.5) is 0 Å². The molecule has 4 nitrogen and oxygen atoms in total. The molecule has 0 atom stereocenters. The average molecular weight is 231 g/mol. The summed E-state index contributed by atoms with van der Waals surface area (Å²) in [5.74, 6) is -0.312. The number of hydrogen-bond donors (Lipinski definition) is 0. The molecule has 1 aromatic rings. The van der Waals surface area contributed by atoms with Crippen LogP contribution in [0, 0.1) is 0 Å². The molecule has 0 amide bonds. The zero-order chi connectivity index (χ0) is 11.7. The molecule has 15 heavy (non-hydrogen) atoms. The van der Waals surface area contributed by atoms with Crippen molar-refractivity contribution < 1.29 is 18.0 Å². The summed E-state index contributed by atoms with van der Waals surface area (Å²) in [5.41, 5.74) is 1.32. The first kappa shape index (κ1) is 14.1. The van der Waals surface area contributed by atoms with Crippen molar-refractivity contribution in [3.05, 3.63) is 30.1 Å². The maximum atomic E-state index is 9.44. The van der Waals surface area contributed by atoms with Gasteiger partial charge in [0.1, 0.15) is 0 Å². The molecule has 0 unspecified atom stereocenters. The molecule has 0 saturated heterocycles. The summed E-state index contributed by atoms with van der Waals surface area (Å²) in [6.07, 6.45) is 4.33. The molecule has 0 aromatic carbocycles. The lowest BCUT2D eigenvalue weighted by Gasteiger charge is -1.97. The van der Waals surface area contributed by atoms with Crippen molar-refractivity contribution in [3.8, 4) is 0 Å². The van der Waals surface area contributed by atoms with Gasteiger partial charge in [-0.05, 0) is 6.42 Å². The lowest BCUT2D eigenvalue weighted by atomic mass is 10.2. The smallest absolute Gasteiger partial charge is 0.179 e. The minimum absolute atomic E-state index is 0.312. The molecular formula is C10H17NO3S. The number of H-pyrrole nitrogens is 1. The summed E-state index contributed by atoms with van der Waals surface area (Å²) in [6.45, 7) is 3.49. The van der Waals surface area contributed by atoms with Gasteiger partial charge < -0.3 is 4.55 Å². The summed E-state index contributed by atoms with van der Waals surface area (Å²) in [4.78, 5) is 3.17. The second-order valence-corrected chi connectivity index (χ2v) is 4.68. The van der Waals surface area contributed by atoms with Crippen LogP contribution in [0.3, 0.4) is 0 Å². The summed E-state index contributed by atoms with van der Waals surface area (Å²) in [6, 6.07) is 6.17. The minimum Gasteiger partial charge on any atom is -0.748 e. The van der Waals surface area contributed by atoms with Crippen molar-refractivity contribution in [2.24, 2.45) is 0 Å². The number of aromatic amines is 1. The minimum atomic E-state index is -3.91. The highest BCUT2D eigenvalue weighted by molar-refractivity contribution is 7.85. The third kappa shape index (κ3) is 9.37. The van der Waals surface area contributed by atoms with Gasteiger partial charge in [0.25, 0.3) is 0 Å². The maximum absolute atomic E-state index is 9.44. The van der Waals surface area contributed by atoms with Crippen molar-refractivity contribution in [2.75, 3.05) is 5.75 Å². The van der Waals surface area contributed by atoms with Crippen LogP contribution in [0.25, 0.3) is 0 Å². The van der Waals surface area contributed by atoms with Gasteiger partial charge in [0.2, 0.25) is 0 Å². The number of aromatic nitrogens is 1. The molecule has 1 aromatic heterocycles. The summed E-state index contributed by atoms with van der Waals surface area (Å²) in [7, 11) is -3.91. The van der Waals surface area contributed by atoms with E-state index in [-0.39, 0.29) is 5.75 Å². The predicted octanol–water partition coefficient (Wildman–Crippen LogP) is 1.00. The molecule has 0 spiro atoms. The SMILES string of the molecule is CCCc1cccc[nH+]1.CCS(=O)(=O)[O-]. The predicted molar refractivity (Wildman–Crippen MR) is 57.2 cm³/mol. The third-order valence-corrected chi connectivity index (χ3v) is 2.35. The van der Waals surface area contributed by atoms with E-state index in [0.29, 0.717) is 0 Å². The van der Waals surface area contributed by atoms with Crippen LogP contribution in [0.2, 0.25) is 0 Å². The fraction of sp³-hybridized carbons (Fsp3) is 0.500. The van der Waals surface area contributed by atoms with Crippen LogP contribution in [-0.4, -0.2) is 18.7 Å². The highest BCUT2D eigenvalue weighted by atomic mass is 32.2. The average Bonchev–Trinajstić information content (AvgIpc) is 2.20. The Morgan fingerprint density at radius 3 is 2.27 bits per heavy atom. The van der Waals surface area contributed by atoms with E-state index in [1.54, 1.807) is 0 Å². The van der Waals surface area contributed by atoms with Gasteiger partial charge in [0.15, 0.2) is 11.9 Å². The summed E-state index contributed by atoms with van der Waals surface area (Å²) >= 11 is 0. The molecule has 1 heterocycles. The Balaban J connectivity index is 0.000000288. The van der Waals surface area contributed by atoms with Crippen LogP contribution >= 0.6 is 0 Å². The molecule has 0 bridgehead atoms. The molecule has 0 aliphatic rings. The number of rotatable bonds is 3. The van der Waals surface area contributed by atoms with Gasteiger partial charge in [-0.25, -0.2) is 13.4 Å². The number of aryl methyl sites for hydroxylation is 1. The van der Waals surface area contributed by atoms with Crippen LogP contribution in [0.5, 0.6) is 0 Å².